The summed E-state index contributed by atoms with van der Waals surface area (Å²) in [7, 11) is 1.71. The van der Waals surface area contributed by atoms with Crippen LogP contribution in [0.5, 0.6) is 0 Å². The molecule has 0 amide bonds. The van der Waals surface area contributed by atoms with E-state index in [0.29, 0.717) is 6.61 Å². The SMILES string of the molecule is C=CCC.C=CN1CCC[C@H]1C(=C)N[C@@H](C)C(=O)OCC.CC.COC(C)(C)C. The molecule has 0 aromatic carbocycles. The molecule has 1 saturated heterocycles. The monoisotopic (exact) mass is 412 g/mol. The fraction of sp³-hybridized carbons (Fsp3) is 0.708. The Balaban J connectivity index is -0.000000466. The van der Waals surface area contributed by atoms with Gasteiger partial charge in [0.2, 0.25) is 0 Å². The third-order valence-electron chi connectivity index (χ3n) is 3.87. The normalized spacial score (nSPS) is 15.8. The smallest absolute Gasteiger partial charge is 0.328 e. The molecule has 0 spiro atoms. The van der Waals surface area contributed by atoms with E-state index in [1.54, 1.807) is 21.0 Å². The molecule has 1 fully saturated rings. The predicted octanol–water partition coefficient (Wildman–Crippen LogP) is 5.69. The van der Waals surface area contributed by atoms with Crippen LogP contribution in [-0.2, 0) is 14.3 Å². The molecule has 172 valence electrons. The number of nitrogens with zero attached hydrogens (tertiary/aromatic N) is 1. The van der Waals surface area contributed by atoms with Gasteiger partial charge in [-0.2, -0.15) is 0 Å². The third kappa shape index (κ3) is 18.0. The van der Waals surface area contributed by atoms with Crippen LogP contribution in [0.4, 0.5) is 0 Å². The van der Waals surface area contributed by atoms with E-state index >= 15 is 0 Å². The lowest BCUT2D eigenvalue weighted by molar-refractivity contribution is -0.144. The van der Waals surface area contributed by atoms with Crippen molar-refractivity contribution in [3.63, 3.8) is 0 Å². The molecule has 0 aromatic rings. The van der Waals surface area contributed by atoms with Crippen LogP contribution in [0.15, 0.2) is 37.7 Å². The number of carbonyl (C=O) groups is 1. The van der Waals surface area contributed by atoms with E-state index in [0.717, 1.165) is 31.5 Å². The van der Waals surface area contributed by atoms with Gasteiger partial charge in [-0.1, -0.05) is 40.0 Å². The van der Waals surface area contributed by atoms with Crippen LogP contribution >= 0.6 is 0 Å². The average Bonchev–Trinajstić information content (AvgIpc) is 3.18. The molecule has 5 heteroatoms. The topological polar surface area (TPSA) is 50.8 Å². The molecular formula is C24H48N2O3. The first kappa shape index (κ1) is 31.9. The van der Waals surface area contributed by atoms with E-state index in [2.05, 4.69) is 36.9 Å². The maximum atomic E-state index is 11.5. The number of allylic oxidation sites excluding steroid dienone is 1. The van der Waals surface area contributed by atoms with Crippen LogP contribution < -0.4 is 5.32 Å². The highest BCUT2D eigenvalue weighted by molar-refractivity contribution is 5.75. The minimum absolute atomic E-state index is 0.0417. The van der Waals surface area contributed by atoms with Crippen molar-refractivity contribution in [2.45, 2.75) is 92.3 Å². The summed E-state index contributed by atoms with van der Waals surface area (Å²) in [5, 5.41) is 3.11. The highest BCUT2D eigenvalue weighted by atomic mass is 16.5. The van der Waals surface area contributed by atoms with E-state index in [1.165, 1.54) is 0 Å². The first-order chi connectivity index (χ1) is 13.6. The summed E-state index contributed by atoms with van der Waals surface area (Å²) in [4.78, 5) is 13.6. The Labute approximate surface area is 181 Å². The molecule has 2 atom stereocenters. The number of likely N-dealkylation sites (tertiary alicyclic amines) is 1. The molecule has 0 aromatic heterocycles. The minimum Gasteiger partial charge on any atom is -0.464 e. The van der Waals surface area contributed by atoms with Gasteiger partial charge in [0.05, 0.1) is 18.2 Å². The molecule has 5 nitrogen and oxygen atoms in total. The average molecular weight is 413 g/mol. The van der Waals surface area contributed by atoms with Crippen molar-refractivity contribution in [1.82, 2.24) is 10.2 Å². The standard InChI is InChI=1S/C13H22N2O2.C5H12O.C4H8.C2H6/c1-5-15-9-7-8-12(15)10(3)14-11(4)13(16)17-6-2;1-5(2,3)6-4;1-3-4-2;1-2/h5,11-12,14H,1,3,6-9H2,2,4H3;1-4H3;3H,1,4H2,2H3;1-2H3/t11-,12-;;;/m0.../s1. The number of carbonyl (C=O) groups excluding carboxylic acids is 1. The molecule has 1 rings (SSSR count). The maximum absolute atomic E-state index is 11.5. The van der Waals surface area contributed by atoms with Gasteiger partial charge in [0.25, 0.3) is 0 Å². The number of hydrogen-bond donors (Lipinski definition) is 1. The lowest BCUT2D eigenvalue weighted by Crippen LogP contribution is -2.40. The van der Waals surface area contributed by atoms with Crippen LogP contribution in [0.3, 0.4) is 0 Å². The van der Waals surface area contributed by atoms with E-state index in [4.69, 9.17) is 9.47 Å². The molecular weight excluding hydrogens is 364 g/mol. The number of ether oxygens (including phenoxy) is 2. The zero-order valence-electron chi connectivity index (χ0n) is 20.6. The summed E-state index contributed by atoms with van der Waals surface area (Å²) in [6, 6.07) is -0.112. The predicted molar refractivity (Wildman–Crippen MR) is 127 cm³/mol. The Kier molecular flexibility index (Phi) is 21.5. The Morgan fingerprint density at radius 2 is 1.76 bits per heavy atom. The Hall–Kier alpha value is -1.75. The van der Waals surface area contributed by atoms with E-state index < -0.39 is 0 Å². The molecule has 1 aliphatic heterocycles. The first-order valence-electron chi connectivity index (χ1n) is 10.7. The lowest BCUT2D eigenvalue weighted by Gasteiger charge is -2.26. The third-order valence-corrected chi connectivity index (χ3v) is 3.87. The second-order valence-electron chi connectivity index (χ2n) is 7.24. The molecule has 1 aliphatic rings. The Morgan fingerprint density at radius 1 is 1.28 bits per heavy atom. The highest BCUT2D eigenvalue weighted by Gasteiger charge is 2.26. The Morgan fingerprint density at radius 3 is 2.10 bits per heavy atom. The highest BCUT2D eigenvalue weighted by Crippen LogP contribution is 2.21. The number of esters is 1. The fourth-order valence-corrected chi connectivity index (χ4v) is 2.08. The number of methoxy groups -OCH3 is 1. The fourth-order valence-electron chi connectivity index (χ4n) is 2.08. The van der Waals surface area contributed by atoms with Gasteiger partial charge in [-0.15, -0.1) is 6.58 Å². The molecule has 0 unspecified atom stereocenters. The molecule has 29 heavy (non-hydrogen) atoms. The summed E-state index contributed by atoms with van der Waals surface area (Å²) >= 11 is 0. The molecule has 1 N–H and O–H groups in total. The van der Waals surface area contributed by atoms with Crippen molar-refractivity contribution in [2.75, 3.05) is 20.3 Å². The van der Waals surface area contributed by atoms with E-state index in [9.17, 15) is 4.79 Å². The van der Waals surface area contributed by atoms with Gasteiger partial charge >= 0.3 is 5.97 Å². The van der Waals surface area contributed by atoms with Crippen LogP contribution in [0.1, 0.15) is 74.7 Å². The van der Waals surface area contributed by atoms with Gasteiger partial charge in [-0.05, 0) is 60.1 Å². The minimum atomic E-state index is -0.352. The molecule has 0 radical (unpaired) electrons. The lowest BCUT2D eigenvalue weighted by atomic mass is 10.1. The van der Waals surface area contributed by atoms with Crippen LogP contribution in [0.2, 0.25) is 0 Å². The van der Waals surface area contributed by atoms with Gasteiger partial charge < -0.3 is 19.7 Å². The van der Waals surface area contributed by atoms with Crippen LogP contribution in [0, 0.1) is 0 Å². The van der Waals surface area contributed by atoms with Gasteiger partial charge in [0, 0.05) is 19.4 Å². The second-order valence-corrected chi connectivity index (χ2v) is 7.24. The number of nitrogens with one attached hydrogen (secondary N) is 1. The zero-order valence-corrected chi connectivity index (χ0v) is 20.6. The Bertz CT molecular complexity index is 442. The van der Waals surface area contributed by atoms with Crippen LogP contribution in [-0.4, -0.2) is 48.8 Å². The van der Waals surface area contributed by atoms with Gasteiger partial charge in [0.15, 0.2) is 0 Å². The second kappa shape index (κ2) is 19.6. The number of hydrogen-bond acceptors (Lipinski definition) is 5. The van der Waals surface area contributed by atoms with Gasteiger partial charge in [0.1, 0.15) is 6.04 Å². The molecule has 0 saturated carbocycles. The van der Waals surface area contributed by atoms with Crippen molar-refractivity contribution in [1.29, 1.82) is 0 Å². The summed E-state index contributed by atoms with van der Waals surface area (Å²) in [5.74, 6) is -0.239. The maximum Gasteiger partial charge on any atom is 0.328 e. The summed E-state index contributed by atoms with van der Waals surface area (Å²) in [5.41, 5.74) is 0.906. The largest absolute Gasteiger partial charge is 0.464 e. The summed E-state index contributed by atoms with van der Waals surface area (Å²) < 4.78 is 9.88. The first-order valence-corrected chi connectivity index (χ1v) is 10.7. The van der Waals surface area contributed by atoms with Crippen molar-refractivity contribution in [3.05, 3.63) is 37.7 Å². The van der Waals surface area contributed by atoms with Crippen LogP contribution in [0.25, 0.3) is 0 Å². The van der Waals surface area contributed by atoms with Crippen molar-refractivity contribution < 1.29 is 14.3 Å². The van der Waals surface area contributed by atoms with Crippen molar-refractivity contribution in [2.24, 2.45) is 0 Å². The molecule has 1 heterocycles. The zero-order chi connectivity index (χ0) is 23.5. The van der Waals surface area contributed by atoms with E-state index in [1.807, 2.05) is 46.9 Å². The van der Waals surface area contributed by atoms with Crippen molar-refractivity contribution >= 4 is 5.97 Å². The van der Waals surface area contributed by atoms with Gasteiger partial charge in [-0.25, -0.2) is 4.79 Å². The summed E-state index contributed by atoms with van der Waals surface area (Å²) in [6.07, 6.45) is 6.97. The number of rotatable bonds is 7. The quantitative estimate of drug-likeness (QED) is 0.430. The van der Waals surface area contributed by atoms with Crippen molar-refractivity contribution in [3.8, 4) is 0 Å². The van der Waals surface area contributed by atoms with E-state index in [-0.39, 0.29) is 23.7 Å². The van der Waals surface area contributed by atoms with Gasteiger partial charge in [-0.3, -0.25) is 0 Å². The molecule has 0 bridgehead atoms. The molecule has 0 aliphatic carbocycles. The summed E-state index contributed by atoms with van der Waals surface area (Å²) in [6.45, 7) is 28.4.